The molecule has 188 valence electrons. The van der Waals surface area contributed by atoms with E-state index in [0.29, 0.717) is 29.3 Å². The Morgan fingerprint density at radius 1 is 0.944 bits per heavy atom. The number of hydrogen-bond acceptors (Lipinski definition) is 5. The zero-order chi connectivity index (χ0) is 25.3. The van der Waals surface area contributed by atoms with Crippen molar-refractivity contribution in [2.24, 2.45) is 5.73 Å². The highest BCUT2D eigenvalue weighted by Crippen LogP contribution is 2.26. The number of nitrogens with one attached hydrogen (secondary N) is 1. The van der Waals surface area contributed by atoms with Crippen LogP contribution in [0.3, 0.4) is 0 Å². The highest BCUT2D eigenvalue weighted by atomic mass is 16.5. The van der Waals surface area contributed by atoms with Gasteiger partial charge in [-0.05, 0) is 66.9 Å². The van der Waals surface area contributed by atoms with Crippen LogP contribution in [0.5, 0.6) is 11.5 Å². The molecule has 3 aromatic carbocycles. The van der Waals surface area contributed by atoms with Crippen molar-refractivity contribution in [2.75, 3.05) is 19.0 Å². The first-order valence-corrected chi connectivity index (χ1v) is 12.3. The maximum Gasteiger partial charge on any atom is 0.262 e. The molecule has 3 aromatic rings. The number of nitrogens with zero attached hydrogens (tertiary/aromatic N) is 1. The van der Waals surface area contributed by atoms with Crippen LogP contribution < -0.4 is 20.5 Å². The molecular formula is C29H33N3O4. The van der Waals surface area contributed by atoms with Crippen LogP contribution in [0.4, 0.5) is 5.69 Å². The van der Waals surface area contributed by atoms with Crippen LogP contribution in [0.1, 0.15) is 41.6 Å². The number of rotatable bonds is 9. The summed E-state index contributed by atoms with van der Waals surface area (Å²) in [5.41, 5.74) is 8.65. The van der Waals surface area contributed by atoms with Crippen LogP contribution in [-0.4, -0.2) is 42.5 Å². The molecule has 1 fully saturated rings. The number of hydrogen-bond donors (Lipinski definition) is 2. The minimum absolute atomic E-state index is 0.0501. The monoisotopic (exact) mass is 487 g/mol. The number of methoxy groups -OCH3 is 1. The number of carbonyl (C=O) groups is 2. The fourth-order valence-electron chi connectivity index (χ4n) is 4.57. The minimum atomic E-state index is -0.253. The Bertz CT molecular complexity index is 1150. The second kappa shape index (κ2) is 12.2. The van der Waals surface area contributed by atoms with E-state index >= 15 is 0 Å². The summed E-state index contributed by atoms with van der Waals surface area (Å²) in [5.74, 6) is 1.02. The molecule has 0 aliphatic heterocycles. The van der Waals surface area contributed by atoms with E-state index in [-0.39, 0.29) is 30.5 Å². The molecule has 0 heterocycles. The van der Waals surface area contributed by atoms with E-state index in [1.165, 1.54) is 0 Å². The topological polar surface area (TPSA) is 93.9 Å². The van der Waals surface area contributed by atoms with Crippen molar-refractivity contribution in [1.29, 1.82) is 0 Å². The largest absolute Gasteiger partial charge is 0.497 e. The Morgan fingerprint density at radius 2 is 1.69 bits per heavy atom. The van der Waals surface area contributed by atoms with Crippen molar-refractivity contribution in [3.05, 3.63) is 90.0 Å². The summed E-state index contributed by atoms with van der Waals surface area (Å²) >= 11 is 0. The Morgan fingerprint density at radius 3 is 2.42 bits per heavy atom. The highest BCUT2D eigenvalue weighted by Gasteiger charge is 2.31. The number of amides is 2. The van der Waals surface area contributed by atoms with E-state index in [2.05, 4.69) is 5.32 Å². The van der Waals surface area contributed by atoms with E-state index in [4.69, 9.17) is 15.2 Å². The molecule has 7 nitrogen and oxygen atoms in total. The number of anilines is 1. The molecular weight excluding hydrogens is 454 g/mol. The van der Waals surface area contributed by atoms with E-state index in [1.54, 1.807) is 43.5 Å². The lowest BCUT2D eigenvalue weighted by atomic mass is 9.89. The van der Waals surface area contributed by atoms with Crippen LogP contribution in [0.25, 0.3) is 0 Å². The highest BCUT2D eigenvalue weighted by molar-refractivity contribution is 5.95. The number of carbonyl (C=O) groups excluding carboxylic acids is 2. The molecule has 7 heteroatoms. The van der Waals surface area contributed by atoms with Gasteiger partial charge in [0.05, 0.1) is 7.11 Å². The van der Waals surface area contributed by atoms with E-state index < -0.39 is 0 Å². The van der Waals surface area contributed by atoms with Crippen molar-refractivity contribution in [1.82, 2.24) is 4.90 Å². The Balaban J connectivity index is 1.47. The van der Waals surface area contributed by atoms with Crippen LogP contribution >= 0.6 is 0 Å². The van der Waals surface area contributed by atoms with Gasteiger partial charge in [0.15, 0.2) is 6.61 Å². The van der Waals surface area contributed by atoms with Gasteiger partial charge in [-0.3, -0.25) is 9.59 Å². The van der Waals surface area contributed by atoms with E-state index in [1.807, 2.05) is 47.4 Å². The lowest BCUT2D eigenvalue weighted by molar-refractivity contribution is -0.118. The molecule has 4 rings (SSSR count). The first kappa shape index (κ1) is 25.3. The average Bonchev–Trinajstić information content (AvgIpc) is 2.91. The predicted molar refractivity (Wildman–Crippen MR) is 140 cm³/mol. The van der Waals surface area contributed by atoms with Gasteiger partial charge in [-0.1, -0.05) is 43.2 Å². The van der Waals surface area contributed by atoms with Gasteiger partial charge < -0.3 is 25.4 Å². The summed E-state index contributed by atoms with van der Waals surface area (Å²) in [5, 5.41) is 2.88. The van der Waals surface area contributed by atoms with Crippen molar-refractivity contribution in [3.63, 3.8) is 0 Å². The minimum Gasteiger partial charge on any atom is -0.497 e. The second-order valence-electron chi connectivity index (χ2n) is 9.03. The van der Waals surface area contributed by atoms with Crippen molar-refractivity contribution >= 4 is 17.5 Å². The Hall–Kier alpha value is -3.84. The van der Waals surface area contributed by atoms with Crippen molar-refractivity contribution < 1.29 is 19.1 Å². The zero-order valence-corrected chi connectivity index (χ0v) is 20.6. The quantitative estimate of drug-likeness (QED) is 0.459. The molecule has 2 unspecified atom stereocenters. The van der Waals surface area contributed by atoms with Crippen LogP contribution in [0.2, 0.25) is 0 Å². The average molecular weight is 488 g/mol. The van der Waals surface area contributed by atoms with Crippen LogP contribution in [0.15, 0.2) is 78.9 Å². The third-order valence-corrected chi connectivity index (χ3v) is 6.46. The Kier molecular flexibility index (Phi) is 8.57. The molecule has 0 radical (unpaired) electrons. The van der Waals surface area contributed by atoms with Gasteiger partial charge in [0.25, 0.3) is 11.8 Å². The molecule has 2 amide bonds. The third kappa shape index (κ3) is 6.64. The summed E-state index contributed by atoms with van der Waals surface area (Å²) in [6.45, 7) is 0.306. The number of benzene rings is 3. The van der Waals surface area contributed by atoms with Gasteiger partial charge in [0.2, 0.25) is 0 Å². The molecule has 0 spiro atoms. The maximum atomic E-state index is 13.6. The molecule has 36 heavy (non-hydrogen) atoms. The molecule has 0 saturated heterocycles. The molecule has 0 aromatic heterocycles. The van der Waals surface area contributed by atoms with Crippen LogP contribution in [-0.2, 0) is 11.3 Å². The first-order valence-electron chi connectivity index (χ1n) is 12.3. The number of ether oxygens (including phenoxy) is 2. The summed E-state index contributed by atoms with van der Waals surface area (Å²) in [4.78, 5) is 27.9. The SMILES string of the molecule is COc1ccc(C(=O)N(Cc2cccc(NC(=O)COc3ccccc3)c2)C2CCCCC2N)cc1. The van der Waals surface area contributed by atoms with Gasteiger partial charge in [0.1, 0.15) is 11.5 Å². The predicted octanol–water partition coefficient (Wildman–Crippen LogP) is 4.63. The molecule has 0 bridgehead atoms. The third-order valence-electron chi connectivity index (χ3n) is 6.46. The smallest absolute Gasteiger partial charge is 0.262 e. The number of para-hydroxylation sites is 1. The van der Waals surface area contributed by atoms with Gasteiger partial charge >= 0.3 is 0 Å². The summed E-state index contributed by atoms with van der Waals surface area (Å²) < 4.78 is 10.8. The fourth-order valence-corrected chi connectivity index (χ4v) is 4.57. The van der Waals surface area contributed by atoms with Crippen molar-refractivity contribution in [3.8, 4) is 11.5 Å². The molecule has 1 aliphatic rings. The van der Waals surface area contributed by atoms with Crippen LogP contribution in [0, 0.1) is 0 Å². The van der Waals surface area contributed by atoms with E-state index in [0.717, 1.165) is 31.2 Å². The summed E-state index contributed by atoms with van der Waals surface area (Å²) in [6.07, 6.45) is 3.89. The zero-order valence-electron chi connectivity index (χ0n) is 20.6. The van der Waals surface area contributed by atoms with Gasteiger partial charge in [-0.2, -0.15) is 0 Å². The van der Waals surface area contributed by atoms with Gasteiger partial charge in [0, 0.05) is 29.9 Å². The summed E-state index contributed by atoms with van der Waals surface area (Å²) in [6, 6.07) is 23.8. The van der Waals surface area contributed by atoms with Gasteiger partial charge in [-0.25, -0.2) is 0 Å². The first-order chi connectivity index (χ1) is 17.5. The lowest BCUT2D eigenvalue weighted by Crippen LogP contribution is -2.51. The second-order valence-corrected chi connectivity index (χ2v) is 9.03. The lowest BCUT2D eigenvalue weighted by Gasteiger charge is -2.38. The molecule has 2 atom stereocenters. The standard InChI is InChI=1S/C29H33N3O4/c1-35-24-16-14-22(15-17-24)29(34)32(27-13-6-5-12-26(27)30)19-21-8-7-9-23(18-21)31-28(33)20-36-25-10-3-2-4-11-25/h2-4,7-11,14-18,26-27H,5-6,12-13,19-20,30H2,1H3,(H,31,33). The fraction of sp³-hybridized carbons (Fsp3) is 0.310. The maximum absolute atomic E-state index is 13.6. The normalized spacial score (nSPS) is 17.2. The Labute approximate surface area is 212 Å². The van der Waals surface area contributed by atoms with Crippen molar-refractivity contribution in [2.45, 2.75) is 44.3 Å². The number of nitrogens with two attached hydrogens (primary N) is 1. The molecule has 1 saturated carbocycles. The van der Waals surface area contributed by atoms with E-state index in [9.17, 15) is 9.59 Å². The van der Waals surface area contributed by atoms with Gasteiger partial charge in [-0.15, -0.1) is 0 Å². The summed E-state index contributed by atoms with van der Waals surface area (Å²) in [7, 11) is 1.60. The molecule has 1 aliphatic carbocycles. The molecule has 3 N–H and O–H groups in total.